The Balaban J connectivity index is 1.70. The number of pyridine rings is 1. The van der Waals surface area contributed by atoms with Crippen LogP contribution in [0.1, 0.15) is 47.3 Å². The molecule has 0 bridgehead atoms. The number of amides is 1. The second-order valence-electron chi connectivity index (χ2n) is 7.46. The maximum absolute atomic E-state index is 13.1. The van der Waals surface area contributed by atoms with Gasteiger partial charge in [0.05, 0.1) is 28.9 Å². The molecule has 0 aliphatic heterocycles. The van der Waals surface area contributed by atoms with Gasteiger partial charge in [-0.2, -0.15) is 5.10 Å². The van der Waals surface area contributed by atoms with Crippen molar-refractivity contribution in [1.29, 1.82) is 0 Å². The molecule has 4 rings (SSSR count). The third kappa shape index (κ3) is 3.63. The van der Waals surface area contributed by atoms with Crippen molar-refractivity contribution in [2.24, 2.45) is 0 Å². The lowest BCUT2D eigenvalue weighted by molar-refractivity contribution is 0.0950. The van der Waals surface area contributed by atoms with E-state index in [1.54, 1.807) is 13.0 Å². The maximum atomic E-state index is 13.1. The van der Waals surface area contributed by atoms with Crippen molar-refractivity contribution < 1.29 is 9.32 Å². The van der Waals surface area contributed by atoms with E-state index >= 15 is 0 Å². The SMILES string of the molecule is Cc1ccc(-c2cc(C(=O)NCc3n[nH]c(=S)n3C(C)C)c3c(C)noc3n2)cc1. The topological polar surface area (TPSA) is 102 Å². The Kier molecular flexibility index (Phi) is 5.21. The molecule has 0 saturated carbocycles. The van der Waals surface area contributed by atoms with Crippen LogP contribution < -0.4 is 5.32 Å². The van der Waals surface area contributed by atoms with Crippen molar-refractivity contribution >= 4 is 29.2 Å². The molecule has 154 valence electrons. The fourth-order valence-electron chi connectivity index (χ4n) is 3.40. The van der Waals surface area contributed by atoms with Gasteiger partial charge >= 0.3 is 0 Å². The van der Waals surface area contributed by atoms with Gasteiger partial charge in [-0.3, -0.25) is 9.89 Å². The first-order valence-corrected chi connectivity index (χ1v) is 10.0. The van der Waals surface area contributed by atoms with E-state index in [1.807, 2.05) is 49.6 Å². The van der Waals surface area contributed by atoms with E-state index in [9.17, 15) is 4.79 Å². The molecule has 8 nitrogen and oxygen atoms in total. The molecule has 1 amide bonds. The van der Waals surface area contributed by atoms with Crippen molar-refractivity contribution in [2.45, 2.75) is 40.3 Å². The summed E-state index contributed by atoms with van der Waals surface area (Å²) in [5.74, 6) is 0.403. The molecule has 2 N–H and O–H groups in total. The summed E-state index contributed by atoms with van der Waals surface area (Å²) < 4.78 is 7.77. The van der Waals surface area contributed by atoms with Crippen LogP contribution in [0.25, 0.3) is 22.4 Å². The van der Waals surface area contributed by atoms with Gasteiger partial charge in [-0.15, -0.1) is 0 Å². The minimum absolute atomic E-state index is 0.129. The van der Waals surface area contributed by atoms with E-state index in [2.05, 4.69) is 25.7 Å². The molecular weight excluding hydrogens is 400 g/mol. The van der Waals surface area contributed by atoms with Crippen LogP contribution in [0.5, 0.6) is 0 Å². The van der Waals surface area contributed by atoms with Crippen molar-refractivity contribution in [1.82, 2.24) is 30.2 Å². The third-order valence-corrected chi connectivity index (χ3v) is 5.20. The van der Waals surface area contributed by atoms with Crippen LogP contribution in [-0.2, 0) is 6.54 Å². The van der Waals surface area contributed by atoms with Crippen LogP contribution >= 0.6 is 12.2 Å². The number of nitrogens with zero attached hydrogens (tertiary/aromatic N) is 4. The van der Waals surface area contributed by atoms with Gasteiger partial charge < -0.3 is 14.4 Å². The van der Waals surface area contributed by atoms with Crippen molar-refractivity contribution in [2.75, 3.05) is 0 Å². The lowest BCUT2D eigenvalue weighted by Gasteiger charge is -2.12. The molecule has 9 heteroatoms. The normalized spacial score (nSPS) is 11.4. The fraction of sp³-hybridized carbons (Fsp3) is 0.286. The summed E-state index contributed by atoms with van der Waals surface area (Å²) in [6, 6.07) is 9.84. The van der Waals surface area contributed by atoms with Crippen LogP contribution in [0.4, 0.5) is 0 Å². The molecule has 0 aliphatic rings. The van der Waals surface area contributed by atoms with Crippen molar-refractivity contribution in [3.8, 4) is 11.3 Å². The highest BCUT2D eigenvalue weighted by Gasteiger charge is 2.20. The van der Waals surface area contributed by atoms with Gasteiger partial charge in [0.25, 0.3) is 11.6 Å². The molecule has 0 unspecified atom stereocenters. The monoisotopic (exact) mass is 422 g/mol. The number of carbonyl (C=O) groups is 1. The summed E-state index contributed by atoms with van der Waals surface area (Å²) in [7, 11) is 0. The van der Waals surface area contributed by atoms with Crippen molar-refractivity contribution in [3.05, 3.63) is 57.7 Å². The number of benzene rings is 1. The smallest absolute Gasteiger partial charge is 0.259 e. The molecule has 0 radical (unpaired) electrons. The summed E-state index contributed by atoms with van der Waals surface area (Å²) in [6.07, 6.45) is 0. The maximum Gasteiger partial charge on any atom is 0.259 e. The van der Waals surface area contributed by atoms with Gasteiger partial charge in [0.2, 0.25) is 0 Å². The number of carbonyl (C=O) groups excluding carboxylic acids is 1. The average molecular weight is 423 g/mol. The number of nitrogens with one attached hydrogen (secondary N) is 2. The number of H-pyrrole nitrogens is 1. The summed E-state index contributed by atoms with van der Waals surface area (Å²) in [5, 5.41) is 14.5. The van der Waals surface area contributed by atoms with E-state index in [4.69, 9.17) is 16.7 Å². The van der Waals surface area contributed by atoms with Crippen LogP contribution in [0.15, 0.2) is 34.9 Å². The summed E-state index contributed by atoms with van der Waals surface area (Å²) >= 11 is 5.27. The van der Waals surface area contributed by atoms with Gasteiger partial charge in [-0.1, -0.05) is 35.0 Å². The lowest BCUT2D eigenvalue weighted by atomic mass is 10.0. The molecule has 0 atom stereocenters. The molecule has 0 fully saturated rings. The zero-order chi connectivity index (χ0) is 21.4. The molecule has 0 spiro atoms. The molecule has 1 aromatic carbocycles. The predicted molar refractivity (Wildman–Crippen MR) is 116 cm³/mol. The van der Waals surface area contributed by atoms with Gasteiger partial charge in [0.1, 0.15) is 0 Å². The standard InChI is InChI=1S/C21H22N6O2S/c1-11(2)27-17(24-25-21(27)30)10-22-19(28)15-9-16(14-7-5-12(3)6-8-14)23-20-18(15)13(4)26-29-20/h5-9,11H,10H2,1-4H3,(H,22,28)(H,25,30). The Morgan fingerprint density at radius 3 is 2.70 bits per heavy atom. The summed E-state index contributed by atoms with van der Waals surface area (Å²) in [4.78, 5) is 17.7. The quantitative estimate of drug-likeness (QED) is 0.466. The Morgan fingerprint density at radius 2 is 2.00 bits per heavy atom. The molecular formula is C21H22N6O2S. The Labute approximate surface area is 178 Å². The summed E-state index contributed by atoms with van der Waals surface area (Å²) in [5.41, 5.74) is 4.09. The third-order valence-electron chi connectivity index (χ3n) is 4.91. The highest BCUT2D eigenvalue weighted by Crippen LogP contribution is 2.27. The van der Waals surface area contributed by atoms with Gasteiger partial charge in [-0.05, 0) is 46.0 Å². The van der Waals surface area contributed by atoms with Crippen LogP contribution in [-0.4, -0.2) is 30.8 Å². The second kappa shape index (κ2) is 7.83. The Morgan fingerprint density at radius 1 is 1.27 bits per heavy atom. The number of aromatic amines is 1. The van der Waals surface area contributed by atoms with E-state index < -0.39 is 0 Å². The first-order chi connectivity index (χ1) is 14.3. The molecule has 3 heterocycles. The number of hydrogen-bond donors (Lipinski definition) is 2. The Hall–Kier alpha value is -3.33. The highest BCUT2D eigenvalue weighted by molar-refractivity contribution is 7.71. The van der Waals surface area contributed by atoms with Crippen LogP contribution in [0.3, 0.4) is 0 Å². The number of fused-ring (bicyclic) bond motifs is 1. The van der Waals surface area contributed by atoms with E-state index in [-0.39, 0.29) is 18.5 Å². The zero-order valence-electron chi connectivity index (χ0n) is 17.2. The van der Waals surface area contributed by atoms with E-state index in [1.165, 1.54) is 0 Å². The first-order valence-electron chi connectivity index (χ1n) is 9.63. The van der Waals surface area contributed by atoms with Crippen LogP contribution in [0, 0.1) is 18.6 Å². The average Bonchev–Trinajstić information content (AvgIpc) is 3.28. The first kappa shape index (κ1) is 20.0. The molecule has 0 aliphatic carbocycles. The highest BCUT2D eigenvalue weighted by atomic mass is 32.1. The number of rotatable bonds is 5. The van der Waals surface area contributed by atoms with Gasteiger partial charge in [0, 0.05) is 11.6 Å². The molecule has 0 saturated heterocycles. The largest absolute Gasteiger partial charge is 0.345 e. The van der Waals surface area contributed by atoms with Crippen LogP contribution in [0.2, 0.25) is 0 Å². The van der Waals surface area contributed by atoms with Gasteiger partial charge in [0.15, 0.2) is 10.6 Å². The number of hydrogen-bond acceptors (Lipinski definition) is 6. The second-order valence-corrected chi connectivity index (χ2v) is 7.85. The van der Waals surface area contributed by atoms with E-state index in [0.29, 0.717) is 38.6 Å². The number of aryl methyl sites for hydroxylation is 2. The molecule has 3 aromatic heterocycles. The number of aromatic nitrogens is 5. The van der Waals surface area contributed by atoms with E-state index in [0.717, 1.165) is 11.1 Å². The van der Waals surface area contributed by atoms with Crippen molar-refractivity contribution in [3.63, 3.8) is 0 Å². The lowest BCUT2D eigenvalue weighted by Crippen LogP contribution is -2.25. The molecule has 30 heavy (non-hydrogen) atoms. The van der Waals surface area contributed by atoms with Gasteiger partial charge in [-0.25, -0.2) is 4.98 Å². The zero-order valence-corrected chi connectivity index (χ0v) is 18.0. The minimum atomic E-state index is -0.258. The summed E-state index contributed by atoms with van der Waals surface area (Å²) in [6.45, 7) is 8.07. The Bertz CT molecular complexity index is 1280. The fourth-order valence-corrected chi connectivity index (χ4v) is 3.76. The molecule has 4 aromatic rings. The minimum Gasteiger partial charge on any atom is -0.345 e. The predicted octanol–water partition coefficient (Wildman–Crippen LogP) is 4.27.